The lowest BCUT2D eigenvalue weighted by atomic mass is 10.1. The van der Waals surface area contributed by atoms with Crippen molar-refractivity contribution in [2.24, 2.45) is 7.05 Å². The van der Waals surface area contributed by atoms with Crippen LogP contribution in [0, 0.1) is 0 Å². The number of hydrogen-bond donors (Lipinski definition) is 1. The van der Waals surface area contributed by atoms with Gasteiger partial charge in [0.15, 0.2) is 11.0 Å². The van der Waals surface area contributed by atoms with Gasteiger partial charge in [0.25, 0.3) is 5.56 Å². The van der Waals surface area contributed by atoms with Crippen molar-refractivity contribution in [3.8, 4) is 5.88 Å². The Balaban J connectivity index is 2.12. The monoisotopic (exact) mass is 352 g/mol. The highest BCUT2D eigenvalue weighted by atomic mass is 35.5. The van der Waals surface area contributed by atoms with Crippen LogP contribution in [-0.2, 0) is 7.05 Å². The van der Waals surface area contributed by atoms with E-state index in [9.17, 15) is 4.79 Å². The van der Waals surface area contributed by atoms with Crippen LogP contribution in [0.4, 0.5) is 11.5 Å². The Hall–Kier alpha value is -2.19. The van der Waals surface area contributed by atoms with Crippen LogP contribution in [0.1, 0.15) is 13.8 Å². The minimum absolute atomic E-state index is 0.206. The first-order chi connectivity index (χ1) is 11.2. The topological polar surface area (TPSA) is 85.2 Å². The molecule has 0 aromatic carbocycles. The van der Waals surface area contributed by atoms with E-state index in [1.807, 2.05) is 32.8 Å². The predicted octanol–water partition coefficient (Wildman–Crippen LogP) is 1.69. The zero-order chi connectivity index (χ0) is 17.9. The average Bonchev–Trinajstić information content (AvgIpc) is 2.44. The van der Waals surface area contributed by atoms with Crippen LogP contribution in [-0.4, -0.2) is 51.1 Å². The summed E-state index contributed by atoms with van der Waals surface area (Å²) in [5, 5.41) is 15.0. The van der Waals surface area contributed by atoms with Gasteiger partial charge in [0.2, 0.25) is 5.88 Å². The van der Waals surface area contributed by atoms with Gasteiger partial charge in [0.05, 0.1) is 0 Å². The lowest BCUT2D eigenvalue weighted by Crippen LogP contribution is -2.39. The highest BCUT2D eigenvalue weighted by Gasteiger charge is 2.21. The molecule has 0 radical (unpaired) electrons. The van der Waals surface area contributed by atoms with Crippen molar-refractivity contribution < 1.29 is 4.74 Å². The Labute approximate surface area is 145 Å². The van der Waals surface area contributed by atoms with Crippen molar-refractivity contribution in [2.45, 2.75) is 19.4 Å². The van der Waals surface area contributed by atoms with Gasteiger partial charge in [-0.3, -0.25) is 4.79 Å². The molecule has 1 N–H and O–H groups in total. The quantitative estimate of drug-likeness (QED) is 0.846. The number of anilines is 2. The SMILES string of the molecule is CN(C)CC(C)(C)Oc1ccc(Nc2cc(Cl)nn(C)c2=O)nn1. The summed E-state index contributed by atoms with van der Waals surface area (Å²) in [6.45, 7) is 4.69. The number of likely N-dealkylation sites (N-methyl/N-ethyl adjacent to an activating group) is 1. The number of aryl methyl sites for hydroxylation is 1. The van der Waals surface area contributed by atoms with Gasteiger partial charge in [-0.15, -0.1) is 10.2 Å². The van der Waals surface area contributed by atoms with Crippen molar-refractivity contribution in [3.63, 3.8) is 0 Å². The Morgan fingerprint density at radius 2 is 2.04 bits per heavy atom. The van der Waals surface area contributed by atoms with Crippen molar-refractivity contribution >= 4 is 23.1 Å². The number of rotatable bonds is 6. The molecular formula is C15H21ClN6O2. The Morgan fingerprint density at radius 3 is 2.62 bits per heavy atom. The zero-order valence-electron chi connectivity index (χ0n) is 14.4. The minimum Gasteiger partial charge on any atom is -0.469 e. The summed E-state index contributed by atoms with van der Waals surface area (Å²) in [5.74, 6) is 0.820. The standard InChI is InChI=1S/C15H21ClN6O2/c1-15(2,9-21(3)4)24-13-7-6-12(18-19-13)17-10-8-11(16)20-22(5)14(10)23/h6-8H,9H2,1-5H3,(H,17,18). The molecule has 24 heavy (non-hydrogen) atoms. The summed E-state index contributed by atoms with van der Waals surface area (Å²) >= 11 is 5.86. The first kappa shape index (κ1) is 18.2. The van der Waals surface area contributed by atoms with Crippen LogP contribution in [0.15, 0.2) is 23.0 Å². The van der Waals surface area contributed by atoms with Crippen LogP contribution in [0.5, 0.6) is 5.88 Å². The van der Waals surface area contributed by atoms with Gasteiger partial charge in [-0.2, -0.15) is 5.10 Å². The lowest BCUT2D eigenvalue weighted by molar-refractivity contribution is 0.0715. The Bertz CT molecular complexity index is 758. The van der Waals surface area contributed by atoms with E-state index >= 15 is 0 Å². The van der Waals surface area contributed by atoms with E-state index < -0.39 is 5.60 Å². The first-order valence-electron chi connectivity index (χ1n) is 7.35. The lowest BCUT2D eigenvalue weighted by Gasteiger charge is -2.28. The number of halogens is 1. The van der Waals surface area contributed by atoms with Gasteiger partial charge in [-0.05, 0) is 34.0 Å². The molecule has 0 amide bonds. The fraction of sp³-hybridized carbons (Fsp3) is 0.467. The van der Waals surface area contributed by atoms with Gasteiger partial charge in [0.1, 0.15) is 11.3 Å². The van der Waals surface area contributed by atoms with Gasteiger partial charge in [-0.1, -0.05) is 11.6 Å². The number of aromatic nitrogens is 4. The molecule has 0 aliphatic heterocycles. The molecule has 0 saturated heterocycles. The molecule has 0 saturated carbocycles. The number of nitrogens with zero attached hydrogens (tertiary/aromatic N) is 5. The third-order valence-corrected chi connectivity index (χ3v) is 3.20. The van der Waals surface area contributed by atoms with Gasteiger partial charge in [-0.25, -0.2) is 4.68 Å². The van der Waals surface area contributed by atoms with E-state index in [1.54, 1.807) is 12.1 Å². The third-order valence-electron chi connectivity index (χ3n) is 3.01. The van der Waals surface area contributed by atoms with Gasteiger partial charge in [0, 0.05) is 25.7 Å². The normalized spacial score (nSPS) is 11.6. The first-order valence-corrected chi connectivity index (χ1v) is 7.72. The van der Waals surface area contributed by atoms with Gasteiger partial charge < -0.3 is 15.0 Å². The summed E-state index contributed by atoms with van der Waals surface area (Å²) in [6, 6.07) is 4.82. The van der Waals surface area contributed by atoms with Crippen molar-refractivity contribution in [3.05, 3.63) is 33.7 Å². The molecule has 130 valence electrons. The molecule has 0 spiro atoms. The molecule has 2 aromatic heterocycles. The number of ether oxygens (including phenoxy) is 1. The summed E-state index contributed by atoms with van der Waals surface area (Å²) in [6.07, 6.45) is 0. The number of nitrogens with one attached hydrogen (secondary N) is 1. The third kappa shape index (κ3) is 4.90. The molecule has 2 rings (SSSR count). The molecule has 2 aromatic rings. The molecule has 9 heteroatoms. The van der Waals surface area contributed by atoms with E-state index in [0.717, 1.165) is 11.2 Å². The largest absolute Gasteiger partial charge is 0.469 e. The summed E-state index contributed by atoms with van der Waals surface area (Å²) < 4.78 is 6.99. The molecule has 0 atom stereocenters. The molecule has 0 aliphatic carbocycles. The average molecular weight is 353 g/mol. The van der Waals surface area contributed by atoms with E-state index in [0.29, 0.717) is 11.7 Å². The molecule has 0 fully saturated rings. The molecular weight excluding hydrogens is 332 g/mol. The second-order valence-corrected chi connectivity index (χ2v) is 6.68. The minimum atomic E-state index is -0.401. The van der Waals surface area contributed by atoms with Crippen LogP contribution in [0.2, 0.25) is 5.15 Å². The summed E-state index contributed by atoms with van der Waals surface area (Å²) in [4.78, 5) is 14.0. The maximum absolute atomic E-state index is 12.0. The van der Waals surface area contributed by atoms with Gasteiger partial charge >= 0.3 is 0 Å². The van der Waals surface area contributed by atoms with Crippen LogP contribution < -0.4 is 15.6 Å². The van der Waals surface area contributed by atoms with Crippen LogP contribution >= 0.6 is 11.6 Å². The summed E-state index contributed by atoms with van der Waals surface area (Å²) in [7, 11) is 5.48. The van der Waals surface area contributed by atoms with E-state index in [-0.39, 0.29) is 16.4 Å². The number of hydrogen-bond acceptors (Lipinski definition) is 7. The molecule has 2 heterocycles. The van der Waals surface area contributed by atoms with Crippen molar-refractivity contribution in [1.82, 2.24) is 24.9 Å². The maximum atomic E-state index is 12.0. The zero-order valence-corrected chi connectivity index (χ0v) is 15.1. The molecule has 0 bridgehead atoms. The Kier molecular flexibility index (Phi) is 5.40. The highest BCUT2D eigenvalue weighted by Crippen LogP contribution is 2.18. The molecule has 0 aliphatic rings. The predicted molar refractivity (Wildman–Crippen MR) is 93.1 cm³/mol. The van der Waals surface area contributed by atoms with E-state index in [4.69, 9.17) is 16.3 Å². The smallest absolute Gasteiger partial charge is 0.290 e. The van der Waals surface area contributed by atoms with Crippen molar-refractivity contribution in [1.29, 1.82) is 0 Å². The fourth-order valence-electron chi connectivity index (χ4n) is 2.32. The second-order valence-electron chi connectivity index (χ2n) is 6.29. The maximum Gasteiger partial charge on any atom is 0.290 e. The van der Waals surface area contributed by atoms with Crippen molar-refractivity contribution in [2.75, 3.05) is 26.0 Å². The van der Waals surface area contributed by atoms with Crippen LogP contribution in [0.25, 0.3) is 0 Å². The van der Waals surface area contributed by atoms with E-state index in [1.165, 1.54) is 13.1 Å². The van der Waals surface area contributed by atoms with E-state index in [2.05, 4.69) is 20.6 Å². The molecule has 8 nitrogen and oxygen atoms in total. The molecule has 0 unspecified atom stereocenters. The van der Waals surface area contributed by atoms with Crippen LogP contribution in [0.3, 0.4) is 0 Å². The highest BCUT2D eigenvalue weighted by molar-refractivity contribution is 6.29. The second kappa shape index (κ2) is 7.14. The fourth-order valence-corrected chi connectivity index (χ4v) is 2.54. The Morgan fingerprint density at radius 1 is 1.33 bits per heavy atom. The summed E-state index contributed by atoms with van der Waals surface area (Å²) in [5.41, 5.74) is -0.441.